The van der Waals surface area contributed by atoms with Gasteiger partial charge in [0.25, 0.3) is 0 Å². The van der Waals surface area contributed by atoms with E-state index in [4.69, 9.17) is 16.3 Å². The van der Waals surface area contributed by atoms with Crippen molar-refractivity contribution in [2.75, 3.05) is 26.0 Å². The SMILES string of the molecule is CNC(C(=O)NCCC(=O)Nc1cc(Cl)ccc1OC)c1cnn(C)c1.Cl. The van der Waals surface area contributed by atoms with E-state index >= 15 is 0 Å². The minimum Gasteiger partial charge on any atom is -0.495 e. The maximum Gasteiger partial charge on any atom is 0.241 e. The minimum absolute atomic E-state index is 0. The van der Waals surface area contributed by atoms with Crippen LogP contribution < -0.4 is 20.7 Å². The van der Waals surface area contributed by atoms with Crippen LogP contribution in [-0.2, 0) is 16.6 Å². The van der Waals surface area contributed by atoms with Crippen molar-refractivity contribution in [1.82, 2.24) is 20.4 Å². The van der Waals surface area contributed by atoms with Crippen molar-refractivity contribution in [3.63, 3.8) is 0 Å². The Hall–Kier alpha value is -2.29. The van der Waals surface area contributed by atoms with Gasteiger partial charge in [-0.15, -0.1) is 12.4 Å². The van der Waals surface area contributed by atoms with Crippen molar-refractivity contribution < 1.29 is 14.3 Å². The normalized spacial score (nSPS) is 11.3. The zero-order chi connectivity index (χ0) is 19.1. The Bertz CT molecular complexity index is 782. The first-order valence-corrected chi connectivity index (χ1v) is 8.39. The fourth-order valence-electron chi connectivity index (χ4n) is 2.43. The molecule has 0 aliphatic carbocycles. The van der Waals surface area contributed by atoms with Crippen molar-refractivity contribution in [1.29, 1.82) is 0 Å². The van der Waals surface area contributed by atoms with Crippen LogP contribution in [0.15, 0.2) is 30.6 Å². The summed E-state index contributed by atoms with van der Waals surface area (Å²) in [6.07, 6.45) is 3.50. The molecule has 1 aromatic carbocycles. The lowest BCUT2D eigenvalue weighted by Crippen LogP contribution is -2.37. The average molecular weight is 416 g/mol. The Morgan fingerprint density at radius 3 is 2.70 bits per heavy atom. The van der Waals surface area contributed by atoms with E-state index in [2.05, 4.69) is 21.0 Å². The van der Waals surface area contributed by atoms with Gasteiger partial charge in [-0.2, -0.15) is 5.10 Å². The Balaban J connectivity index is 0.00000364. The zero-order valence-electron chi connectivity index (χ0n) is 15.3. The lowest BCUT2D eigenvalue weighted by atomic mass is 10.1. The van der Waals surface area contributed by atoms with Gasteiger partial charge in [0.2, 0.25) is 11.8 Å². The van der Waals surface area contributed by atoms with Crippen LogP contribution in [0.2, 0.25) is 5.02 Å². The lowest BCUT2D eigenvalue weighted by Gasteiger charge is -2.15. The number of anilines is 1. The first-order chi connectivity index (χ1) is 12.4. The molecular weight excluding hydrogens is 393 g/mol. The molecule has 2 rings (SSSR count). The number of hydrogen-bond donors (Lipinski definition) is 3. The largest absolute Gasteiger partial charge is 0.495 e. The predicted octanol–water partition coefficient (Wildman–Crippen LogP) is 1.91. The summed E-state index contributed by atoms with van der Waals surface area (Å²) in [5.74, 6) is 0.0282. The number of hydrogen-bond acceptors (Lipinski definition) is 5. The van der Waals surface area contributed by atoms with Gasteiger partial charge in [0, 0.05) is 36.8 Å². The maximum atomic E-state index is 12.3. The Labute approximate surface area is 169 Å². The molecule has 0 bridgehead atoms. The molecule has 0 fully saturated rings. The topological polar surface area (TPSA) is 97.3 Å². The molecule has 8 nitrogen and oxygen atoms in total. The summed E-state index contributed by atoms with van der Waals surface area (Å²) in [6, 6.07) is 4.42. The highest BCUT2D eigenvalue weighted by molar-refractivity contribution is 6.31. The standard InChI is InChI=1S/C17H22ClN5O3.ClH/c1-19-16(11-9-21-23(2)10-11)17(25)20-7-6-15(24)22-13-8-12(18)4-5-14(13)26-3;/h4-5,8-10,16,19H,6-7H2,1-3H3,(H,20,25)(H,22,24);1H. The van der Waals surface area contributed by atoms with E-state index in [0.717, 1.165) is 5.56 Å². The lowest BCUT2D eigenvalue weighted by molar-refractivity contribution is -0.123. The molecule has 3 N–H and O–H groups in total. The van der Waals surface area contributed by atoms with Gasteiger partial charge in [0.15, 0.2) is 0 Å². The molecular formula is C17H23Cl2N5O3. The van der Waals surface area contributed by atoms with Crippen LogP contribution in [0.25, 0.3) is 0 Å². The van der Waals surface area contributed by atoms with Crippen LogP contribution in [0.3, 0.4) is 0 Å². The van der Waals surface area contributed by atoms with Gasteiger partial charge in [-0.05, 0) is 25.2 Å². The second-order valence-electron chi connectivity index (χ2n) is 5.60. The molecule has 148 valence electrons. The number of ether oxygens (including phenoxy) is 1. The number of methoxy groups -OCH3 is 1. The molecule has 1 heterocycles. The number of benzene rings is 1. The molecule has 0 spiro atoms. The minimum atomic E-state index is -0.528. The highest BCUT2D eigenvalue weighted by Crippen LogP contribution is 2.27. The number of aromatic nitrogens is 2. The van der Waals surface area contributed by atoms with E-state index in [1.54, 1.807) is 49.4 Å². The van der Waals surface area contributed by atoms with Crippen molar-refractivity contribution >= 4 is 41.5 Å². The summed E-state index contributed by atoms with van der Waals surface area (Å²) in [7, 11) is 4.98. The van der Waals surface area contributed by atoms with Gasteiger partial charge in [0.1, 0.15) is 11.8 Å². The molecule has 27 heavy (non-hydrogen) atoms. The monoisotopic (exact) mass is 415 g/mol. The second-order valence-corrected chi connectivity index (χ2v) is 6.04. The van der Waals surface area contributed by atoms with Crippen LogP contribution in [0.1, 0.15) is 18.0 Å². The summed E-state index contributed by atoms with van der Waals surface area (Å²) >= 11 is 5.94. The van der Waals surface area contributed by atoms with E-state index in [0.29, 0.717) is 16.5 Å². The smallest absolute Gasteiger partial charge is 0.241 e. The average Bonchev–Trinajstić information content (AvgIpc) is 3.02. The fraction of sp³-hybridized carbons (Fsp3) is 0.353. The molecule has 1 aromatic heterocycles. The molecule has 1 unspecified atom stereocenters. The van der Waals surface area contributed by atoms with Crippen LogP contribution in [0, 0.1) is 0 Å². The molecule has 1 atom stereocenters. The summed E-state index contributed by atoms with van der Waals surface area (Å²) in [6.45, 7) is 0.200. The van der Waals surface area contributed by atoms with Gasteiger partial charge in [0.05, 0.1) is 19.0 Å². The molecule has 0 aliphatic heterocycles. The number of carbonyl (C=O) groups is 2. The van der Waals surface area contributed by atoms with Crippen LogP contribution in [0.4, 0.5) is 5.69 Å². The Kier molecular flexibility index (Phi) is 9.07. The van der Waals surface area contributed by atoms with Crippen LogP contribution >= 0.6 is 24.0 Å². The van der Waals surface area contributed by atoms with Gasteiger partial charge >= 0.3 is 0 Å². The predicted molar refractivity (Wildman–Crippen MR) is 107 cm³/mol. The Morgan fingerprint density at radius 1 is 1.37 bits per heavy atom. The number of halogens is 2. The van der Waals surface area contributed by atoms with E-state index in [1.165, 1.54) is 7.11 Å². The number of likely N-dealkylation sites (N-methyl/N-ethyl adjacent to an activating group) is 1. The molecule has 0 saturated carbocycles. The first kappa shape index (κ1) is 22.8. The molecule has 2 aromatic rings. The van der Waals surface area contributed by atoms with Crippen LogP contribution in [-0.4, -0.2) is 42.3 Å². The van der Waals surface area contributed by atoms with Crippen molar-refractivity contribution in [2.45, 2.75) is 12.5 Å². The third kappa shape index (κ3) is 6.42. The highest BCUT2D eigenvalue weighted by Gasteiger charge is 2.20. The zero-order valence-corrected chi connectivity index (χ0v) is 16.9. The van der Waals surface area contributed by atoms with Crippen molar-refractivity contribution in [2.24, 2.45) is 7.05 Å². The molecule has 0 saturated heterocycles. The number of carbonyl (C=O) groups excluding carboxylic acids is 2. The van der Waals surface area contributed by atoms with Crippen molar-refractivity contribution in [3.05, 3.63) is 41.2 Å². The third-order valence-electron chi connectivity index (χ3n) is 3.70. The number of amides is 2. The van der Waals surface area contributed by atoms with Gasteiger partial charge in [-0.25, -0.2) is 0 Å². The quantitative estimate of drug-likeness (QED) is 0.611. The van der Waals surface area contributed by atoms with Gasteiger partial charge in [-0.3, -0.25) is 14.3 Å². The van der Waals surface area contributed by atoms with E-state index in [-0.39, 0.29) is 37.2 Å². The summed E-state index contributed by atoms with van der Waals surface area (Å²) in [4.78, 5) is 24.4. The molecule has 0 aliphatic rings. The number of aryl methyl sites for hydroxylation is 1. The van der Waals surface area contributed by atoms with E-state index in [9.17, 15) is 9.59 Å². The van der Waals surface area contributed by atoms with E-state index < -0.39 is 6.04 Å². The molecule has 2 amide bonds. The van der Waals surface area contributed by atoms with Gasteiger partial charge in [-0.1, -0.05) is 11.6 Å². The summed E-state index contributed by atoms with van der Waals surface area (Å²) < 4.78 is 6.81. The van der Waals surface area contributed by atoms with Gasteiger partial charge < -0.3 is 20.7 Å². The fourth-order valence-corrected chi connectivity index (χ4v) is 2.60. The van der Waals surface area contributed by atoms with Crippen LogP contribution in [0.5, 0.6) is 5.75 Å². The van der Waals surface area contributed by atoms with E-state index in [1.807, 2.05) is 0 Å². The summed E-state index contributed by atoms with van der Waals surface area (Å²) in [5.41, 5.74) is 1.24. The number of nitrogens with one attached hydrogen (secondary N) is 3. The number of nitrogens with zero attached hydrogens (tertiary/aromatic N) is 2. The third-order valence-corrected chi connectivity index (χ3v) is 3.93. The molecule has 10 heteroatoms. The number of rotatable bonds is 8. The molecule has 0 radical (unpaired) electrons. The summed E-state index contributed by atoms with van der Waals surface area (Å²) in [5, 5.41) is 12.9. The Morgan fingerprint density at radius 2 is 2.11 bits per heavy atom. The highest BCUT2D eigenvalue weighted by atomic mass is 35.5. The van der Waals surface area contributed by atoms with Crippen molar-refractivity contribution in [3.8, 4) is 5.75 Å². The first-order valence-electron chi connectivity index (χ1n) is 8.01. The second kappa shape index (κ2) is 10.8. The maximum absolute atomic E-state index is 12.3.